The van der Waals surface area contributed by atoms with Crippen molar-refractivity contribution >= 4 is 10.8 Å². The highest BCUT2D eigenvalue weighted by Gasteiger charge is 2.02. The predicted octanol–water partition coefficient (Wildman–Crippen LogP) is 0.0340. The molecule has 74 valence electrons. The summed E-state index contributed by atoms with van der Waals surface area (Å²) in [6.45, 7) is 2.84. The molecular weight excluding hydrogens is 172 g/mol. The van der Waals surface area contributed by atoms with Crippen molar-refractivity contribution in [2.45, 2.75) is 19.4 Å². The molecule has 0 amide bonds. The van der Waals surface area contributed by atoms with Crippen LogP contribution < -0.4 is 5.73 Å². The standard InChI is InChI=1S/C8H20N2OS/c1-8(9)4-6-12(11)7-5-10(2)3/h8H,4-7,9H2,1-3H3. The molecule has 0 aliphatic rings. The normalized spacial score (nSPS) is 16.4. The van der Waals surface area contributed by atoms with Crippen LogP contribution in [0, 0.1) is 0 Å². The van der Waals surface area contributed by atoms with Crippen LogP contribution >= 0.6 is 0 Å². The van der Waals surface area contributed by atoms with Gasteiger partial charge in [0.05, 0.1) is 0 Å². The van der Waals surface area contributed by atoms with E-state index in [-0.39, 0.29) is 6.04 Å². The van der Waals surface area contributed by atoms with Gasteiger partial charge in [0.25, 0.3) is 0 Å². The molecule has 0 aliphatic heterocycles. The maximum Gasteiger partial charge on any atom is 0.0362 e. The molecule has 2 atom stereocenters. The summed E-state index contributed by atoms with van der Waals surface area (Å²) in [5, 5.41) is 0. The van der Waals surface area contributed by atoms with Crippen molar-refractivity contribution in [2.24, 2.45) is 5.73 Å². The summed E-state index contributed by atoms with van der Waals surface area (Å²) in [7, 11) is 3.29. The van der Waals surface area contributed by atoms with Crippen molar-refractivity contribution in [3.8, 4) is 0 Å². The fraction of sp³-hybridized carbons (Fsp3) is 1.00. The third-order valence-corrected chi connectivity index (χ3v) is 2.90. The van der Waals surface area contributed by atoms with Crippen molar-refractivity contribution in [2.75, 3.05) is 32.1 Å². The zero-order valence-electron chi connectivity index (χ0n) is 8.25. The molecule has 4 heteroatoms. The largest absolute Gasteiger partial charge is 0.328 e. The Balaban J connectivity index is 3.34. The van der Waals surface area contributed by atoms with E-state index in [1.54, 1.807) is 0 Å². The lowest BCUT2D eigenvalue weighted by Crippen LogP contribution is -2.23. The number of rotatable bonds is 6. The topological polar surface area (TPSA) is 46.3 Å². The summed E-state index contributed by atoms with van der Waals surface area (Å²) >= 11 is 0. The third kappa shape index (κ3) is 8.17. The van der Waals surface area contributed by atoms with Gasteiger partial charge in [-0.15, -0.1) is 0 Å². The second kappa shape index (κ2) is 6.57. The molecule has 0 aliphatic carbocycles. The summed E-state index contributed by atoms with van der Waals surface area (Å²) in [4.78, 5) is 2.05. The van der Waals surface area contributed by atoms with Crippen LogP contribution in [0.3, 0.4) is 0 Å². The predicted molar refractivity (Wildman–Crippen MR) is 54.7 cm³/mol. The van der Waals surface area contributed by atoms with Crippen LogP contribution in [0.2, 0.25) is 0 Å². The molecule has 0 saturated carbocycles. The van der Waals surface area contributed by atoms with Crippen LogP contribution in [0.4, 0.5) is 0 Å². The summed E-state index contributed by atoms with van der Waals surface area (Å²) in [6.07, 6.45) is 0.861. The first-order valence-corrected chi connectivity index (χ1v) is 5.76. The Bertz CT molecular complexity index is 123. The highest BCUT2D eigenvalue weighted by Crippen LogP contribution is 1.92. The van der Waals surface area contributed by atoms with E-state index in [0.717, 1.165) is 24.5 Å². The van der Waals surface area contributed by atoms with Crippen molar-refractivity contribution in [3.05, 3.63) is 0 Å². The van der Waals surface area contributed by atoms with Crippen LogP contribution in [0.25, 0.3) is 0 Å². The van der Waals surface area contributed by atoms with E-state index >= 15 is 0 Å². The molecule has 0 aromatic heterocycles. The molecule has 0 bridgehead atoms. The SMILES string of the molecule is CC(N)CCS(=O)CCN(C)C. The summed E-state index contributed by atoms with van der Waals surface area (Å²) in [5.41, 5.74) is 5.55. The summed E-state index contributed by atoms with van der Waals surface area (Å²) < 4.78 is 11.3. The Morgan fingerprint density at radius 3 is 2.42 bits per heavy atom. The van der Waals surface area contributed by atoms with Gasteiger partial charge in [-0.25, -0.2) is 0 Å². The first-order valence-electron chi connectivity index (χ1n) is 4.27. The minimum absolute atomic E-state index is 0.174. The van der Waals surface area contributed by atoms with Crippen LogP contribution in [0.5, 0.6) is 0 Å². The quantitative estimate of drug-likeness (QED) is 0.646. The van der Waals surface area contributed by atoms with Crippen molar-refractivity contribution in [1.82, 2.24) is 4.90 Å². The molecule has 2 N–H and O–H groups in total. The van der Waals surface area contributed by atoms with Crippen molar-refractivity contribution in [1.29, 1.82) is 0 Å². The molecule has 0 radical (unpaired) electrons. The molecule has 0 aromatic rings. The Morgan fingerprint density at radius 2 is 2.00 bits per heavy atom. The third-order valence-electron chi connectivity index (χ3n) is 1.57. The van der Waals surface area contributed by atoms with Gasteiger partial charge in [0.15, 0.2) is 0 Å². The summed E-state index contributed by atoms with van der Waals surface area (Å²) in [6, 6.07) is 0.174. The molecule has 0 fully saturated rings. The maximum absolute atomic E-state index is 11.3. The first kappa shape index (κ1) is 12.1. The van der Waals surface area contributed by atoms with Crippen LogP contribution in [0.1, 0.15) is 13.3 Å². The maximum atomic E-state index is 11.3. The van der Waals surface area contributed by atoms with E-state index in [2.05, 4.69) is 0 Å². The molecule has 0 rings (SSSR count). The lowest BCUT2D eigenvalue weighted by Gasteiger charge is -2.09. The fourth-order valence-electron chi connectivity index (χ4n) is 0.704. The van der Waals surface area contributed by atoms with Gasteiger partial charge in [0.2, 0.25) is 0 Å². The van der Waals surface area contributed by atoms with Crippen LogP contribution in [-0.2, 0) is 10.8 Å². The van der Waals surface area contributed by atoms with Gasteiger partial charge in [-0.1, -0.05) is 0 Å². The zero-order chi connectivity index (χ0) is 9.56. The number of nitrogens with two attached hydrogens (primary N) is 1. The molecule has 2 unspecified atom stereocenters. The molecule has 0 heterocycles. The van der Waals surface area contributed by atoms with Crippen LogP contribution in [0.15, 0.2) is 0 Å². The fourth-order valence-corrected chi connectivity index (χ4v) is 2.11. The Hall–Kier alpha value is 0.0700. The smallest absolute Gasteiger partial charge is 0.0362 e. The zero-order valence-corrected chi connectivity index (χ0v) is 9.06. The monoisotopic (exact) mass is 192 g/mol. The highest BCUT2D eigenvalue weighted by atomic mass is 32.2. The lowest BCUT2D eigenvalue weighted by molar-refractivity contribution is 0.435. The van der Waals surface area contributed by atoms with Gasteiger partial charge >= 0.3 is 0 Å². The Kier molecular flexibility index (Phi) is 6.61. The van der Waals surface area contributed by atoms with E-state index in [1.165, 1.54) is 0 Å². The molecular formula is C8H20N2OS. The second-order valence-corrected chi connectivity index (χ2v) is 5.11. The van der Waals surface area contributed by atoms with Crippen molar-refractivity contribution in [3.63, 3.8) is 0 Å². The highest BCUT2D eigenvalue weighted by molar-refractivity contribution is 7.84. The van der Waals surface area contributed by atoms with Crippen molar-refractivity contribution < 1.29 is 4.21 Å². The molecule has 0 spiro atoms. The minimum atomic E-state index is -0.683. The van der Waals surface area contributed by atoms with E-state index in [9.17, 15) is 4.21 Å². The number of hydrogen-bond donors (Lipinski definition) is 1. The van der Waals surface area contributed by atoms with E-state index < -0.39 is 10.8 Å². The second-order valence-electron chi connectivity index (χ2n) is 3.42. The van der Waals surface area contributed by atoms with Gasteiger partial charge in [0.1, 0.15) is 0 Å². The van der Waals surface area contributed by atoms with E-state index in [4.69, 9.17) is 5.73 Å². The number of nitrogens with zero attached hydrogens (tertiary/aromatic N) is 1. The molecule has 12 heavy (non-hydrogen) atoms. The minimum Gasteiger partial charge on any atom is -0.328 e. The molecule has 3 nitrogen and oxygen atoms in total. The van der Waals surface area contributed by atoms with Gasteiger partial charge in [-0.05, 0) is 27.4 Å². The molecule has 0 saturated heterocycles. The number of hydrogen-bond acceptors (Lipinski definition) is 3. The van der Waals surface area contributed by atoms with Gasteiger partial charge in [-0.2, -0.15) is 0 Å². The lowest BCUT2D eigenvalue weighted by atomic mass is 10.3. The van der Waals surface area contributed by atoms with E-state index in [0.29, 0.717) is 0 Å². The molecule has 0 aromatic carbocycles. The average Bonchev–Trinajstić information content (AvgIpc) is 1.96. The Morgan fingerprint density at radius 1 is 1.42 bits per heavy atom. The average molecular weight is 192 g/mol. The van der Waals surface area contributed by atoms with Gasteiger partial charge < -0.3 is 10.6 Å². The first-order chi connectivity index (χ1) is 5.52. The summed E-state index contributed by atoms with van der Waals surface area (Å²) in [5.74, 6) is 1.51. The van der Waals surface area contributed by atoms with E-state index in [1.807, 2.05) is 25.9 Å². The van der Waals surface area contributed by atoms with Gasteiger partial charge in [0, 0.05) is 34.9 Å². The van der Waals surface area contributed by atoms with Gasteiger partial charge in [-0.3, -0.25) is 4.21 Å². The Labute approximate surface area is 77.8 Å². The van der Waals surface area contributed by atoms with Crippen LogP contribution in [-0.4, -0.2) is 47.3 Å².